The largest absolute Gasteiger partial charge is 0.461 e. The molecule has 1 aromatic heterocycles. The fourth-order valence-electron chi connectivity index (χ4n) is 4.35. The van der Waals surface area contributed by atoms with E-state index >= 15 is 0 Å². The Morgan fingerprint density at radius 3 is 2.48 bits per heavy atom. The van der Waals surface area contributed by atoms with E-state index < -0.39 is 0 Å². The molecule has 8 heteroatoms. The standard InChI is InChI=1S/C19H31BN4O3/c1-13-12-15(16-21-8-11-24(13)16)22-17(25)23-9-6-14(7-10-23)20-26-18(2,3)19(4,5)27-20/h8,11,13-15H,6-7,9-10,12H2,1-5H3,(H,22,25). The number of urea groups is 1. The number of hydrogen-bond donors (Lipinski definition) is 1. The van der Waals surface area contributed by atoms with Crippen LogP contribution >= 0.6 is 0 Å². The summed E-state index contributed by atoms with van der Waals surface area (Å²) >= 11 is 0. The maximum absolute atomic E-state index is 12.7. The Balaban J connectivity index is 1.31. The summed E-state index contributed by atoms with van der Waals surface area (Å²) in [6.07, 6.45) is 6.50. The van der Waals surface area contributed by atoms with Gasteiger partial charge >= 0.3 is 13.1 Å². The molecule has 4 rings (SSSR count). The van der Waals surface area contributed by atoms with E-state index in [0.717, 1.165) is 38.2 Å². The van der Waals surface area contributed by atoms with E-state index in [-0.39, 0.29) is 30.4 Å². The van der Waals surface area contributed by atoms with Gasteiger partial charge in [0.1, 0.15) is 5.82 Å². The Kier molecular flexibility index (Phi) is 4.54. The molecule has 27 heavy (non-hydrogen) atoms. The quantitative estimate of drug-likeness (QED) is 0.808. The zero-order valence-electron chi connectivity index (χ0n) is 17.1. The van der Waals surface area contributed by atoms with Crippen LogP contribution in [0.3, 0.4) is 0 Å². The molecule has 1 aromatic rings. The molecule has 2 fully saturated rings. The van der Waals surface area contributed by atoms with Crippen molar-refractivity contribution in [2.45, 2.75) is 83.0 Å². The van der Waals surface area contributed by atoms with Gasteiger partial charge in [0.25, 0.3) is 0 Å². The van der Waals surface area contributed by atoms with E-state index in [1.54, 1.807) is 6.20 Å². The van der Waals surface area contributed by atoms with Crippen LogP contribution in [0.5, 0.6) is 0 Å². The first-order valence-electron chi connectivity index (χ1n) is 10.1. The average Bonchev–Trinajstić information content (AvgIpc) is 3.24. The lowest BCUT2D eigenvalue weighted by molar-refractivity contribution is 0.00578. The molecule has 0 bridgehead atoms. The zero-order chi connectivity index (χ0) is 19.4. The van der Waals surface area contributed by atoms with Crippen LogP contribution in [0.1, 0.15) is 71.8 Å². The van der Waals surface area contributed by atoms with Crippen LogP contribution in [-0.4, -0.2) is 51.9 Å². The fraction of sp³-hybridized carbons (Fsp3) is 0.789. The van der Waals surface area contributed by atoms with Crippen LogP contribution in [0, 0.1) is 0 Å². The topological polar surface area (TPSA) is 68.6 Å². The molecule has 7 nitrogen and oxygen atoms in total. The Morgan fingerprint density at radius 1 is 1.22 bits per heavy atom. The van der Waals surface area contributed by atoms with Crippen LogP contribution in [0.15, 0.2) is 12.4 Å². The molecule has 2 atom stereocenters. The molecule has 3 aliphatic heterocycles. The summed E-state index contributed by atoms with van der Waals surface area (Å²) in [4.78, 5) is 19.1. The highest BCUT2D eigenvalue weighted by molar-refractivity contribution is 6.47. The molecule has 0 aromatic carbocycles. The fourth-order valence-corrected chi connectivity index (χ4v) is 4.35. The van der Waals surface area contributed by atoms with E-state index in [2.05, 4.69) is 49.5 Å². The summed E-state index contributed by atoms with van der Waals surface area (Å²) in [7, 11) is -0.177. The van der Waals surface area contributed by atoms with Crippen LogP contribution in [-0.2, 0) is 9.31 Å². The first-order valence-corrected chi connectivity index (χ1v) is 10.1. The van der Waals surface area contributed by atoms with Gasteiger partial charge in [-0.05, 0) is 59.7 Å². The molecule has 2 saturated heterocycles. The van der Waals surface area contributed by atoms with Crippen LogP contribution in [0.2, 0.25) is 5.82 Å². The van der Waals surface area contributed by atoms with E-state index in [4.69, 9.17) is 9.31 Å². The van der Waals surface area contributed by atoms with E-state index in [9.17, 15) is 4.79 Å². The average molecular weight is 374 g/mol. The van der Waals surface area contributed by atoms with E-state index in [1.165, 1.54) is 0 Å². The van der Waals surface area contributed by atoms with Crippen molar-refractivity contribution >= 4 is 13.1 Å². The second-order valence-electron chi connectivity index (χ2n) is 9.23. The number of imidazole rings is 1. The van der Waals surface area contributed by atoms with Gasteiger partial charge in [0.05, 0.1) is 17.2 Å². The summed E-state index contributed by atoms with van der Waals surface area (Å²) in [5.41, 5.74) is -0.597. The number of rotatable bonds is 2. The Morgan fingerprint density at radius 2 is 1.85 bits per heavy atom. The first-order chi connectivity index (χ1) is 12.7. The smallest absolute Gasteiger partial charge is 0.403 e. The Labute approximate surface area is 161 Å². The number of nitrogens with one attached hydrogen (secondary N) is 1. The van der Waals surface area contributed by atoms with Gasteiger partial charge in [-0.15, -0.1) is 0 Å². The van der Waals surface area contributed by atoms with Gasteiger partial charge < -0.3 is 24.1 Å². The van der Waals surface area contributed by atoms with Crippen molar-refractivity contribution < 1.29 is 14.1 Å². The third kappa shape index (κ3) is 3.27. The monoisotopic (exact) mass is 374 g/mol. The molecular formula is C19H31BN4O3. The van der Waals surface area contributed by atoms with Gasteiger partial charge in [-0.3, -0.25) is 0 Å². The van der Waals surface area contributed by atoms with E-state index in [0.29, 0.717) is 11.9 Å². The highest BCUT2D eigenvalue weighted by Gasteiger charge is 2.54. The van der Waals surface area contributed by atoms with Gasteiger partial charge in [0.15, 0.2) is 0 Å². The van der Waals surface area contributed by atoms with E-state index in [1.807, 2.05) is 11.1 Å². The van der Waals surface area contributed by atoms with Crippen molar-refractivity contribution in [2.24, 2.45) is 0 Å². The third-order valence-corrected chi connectivity index (χ3v) is 6.84. The molecule has 1 N–H and O–H groups in total. The third-order valence-electron chi connectivity index (χ3n) is 6.84. The molecule has 0 aliphatic carbocycles. The predicted octanol–water partition coefficient (Wildman–Crippen LogP) is 3.16. The predicted molar refractivity (Wildman–Crippen MR) is 103 cm³/mol. The first kappa shape index (κ1) is 18.8. The molecule has 2 unspecified atom stereocenters. The van der Waals surface area contributed by atoms with Gasteiger partial charge in [0, 0.05) is 31.5 Å². The number of hydrogen-bond acceptors (Lipinski definition) is 4. The Bertz CT molecular complexity index is 696. The molecular weight excluding hydrogens is 343 g/mol. The molecule has 0 radical (unpaired) electrons. The van der Waals surface area contributed by atoms with Gasteiger partial charge in [0.2, 0.25) is 0 Å². The second kappa shape index (κ2) is 6.52. The second-order valence-corrected chi connectivity index (χ2v) is 9.23. The number of piperidine rings is 1. The number of amides is 2. The highest BCUT2D eigenvalue weighted by atomic mass is 16.7. The lowest BCUT2D eigenvalue weighted by Crippen LogP contribution is -2.46. The number of nitrogens with zero attached hydrogens (tertiary/aromatic N) is 3. The molecule has 2 amide bonds. The highest BCUT2D eigenvalue weighted by Crippen LogP contribution is 2.42. The molecule has 148 valence electrons. The van der Waals surface area contributed by atoms with Crippen molar-refractivity contribution in [1.29, 1.82) is 0 Å². The minimum Gasteiger partial charge on any atom is -0.403 e. The van der Waals surface area contributed by atoms with Gasteiger partial charge in [-0.1, -0.05) is 0 Å². The molecule has 0 saturated carbocycles. The maximum Gasteiger partial charge on any atom is 0.461 e. The van der Waals surface area contributed by atoms with Gasteiger partial charge in [-0.25, -0.2) is 9.78 Å². The molecule has 0 spiro atoms. The number of carbonyl (C=O) groups excluding carboxylic acids is 1. The van der Waals surface area contributed by atoms with Crippen molar-refractivity contribution in [3.8, 4) is 0 Å². The maximum atomic E-state index is 12.7. The van der Waals surface area contributed by atoms with Crippen molar-refractivity contribution in [3.05, 3.63) is 18.2 Å². The number of likely N-dealkylation sites (tertiary alicyclic amines) is 1. The zero-order valence-corrected chi connectivity index (χ0v) is 17.1. The summed E-state index contributed by atoms with van der Waals surface area (Å²) in [5.74, 6) is 1.29. The summed E-state index contributed by atoms with van der Waals surface area (Å²) in [6, 6.07) is 0.390. The number of fused-ring (bicyclic) bond motifs is 1. The Hall–Kier alpha value is -1.54. The van der Waals surface area contributed by atoms with Crippen LogP contribution < -0.4 is 5.32 Å². The minimum absolute atomic E-state index is 0.00307. The summed E-state index contributed by atoms with van der Waals surface area (Å²) in [5, 5.41) is 3.17. The van der Waals surface area contributed by atoms with Gasteiger partial charge in [-0.2, -0.15) is 0 Å². The molecule has 3 aliphatic rings. The SMILES string of the molecule is CC1CC(NC(=O)N2CCC(B3OC(C)(C)C(C)(C)O3)CC2)c2nccn21. The minimum atomic E-state index is -0.298. The number of aromatic nitrogens is 2. The normalized spacial score (nSPS) is 29.8. The number of carbonyl (C=O) groups is 1. The van der Waals surface area contributed by atoms with Crippen molar-refractivity contribution in [1.82, 2.24) is 19.8 Å². The summed E-state index contributed by atoms with van der Waals surface area (Å²) in [6.45, 7) is 12.0. The lowest BCUT2D eigenvalue weighted by Gasteiger charge is -2.33. The summed E-state index contributed by atoms with van der Waals surface area (Å²) < 4.78 is 14.5. The van der Waals surface area contributed by atoms with Crippen molar-refractivity contribution in [2.75, 3.05) is 13.1 Å². The van der Waals surface area contributed by atoms with Crippen molar-refractivity contribution in [3.63, 3.8) is 0 Å². The molecule has 4 heterocycles. The lowest BCUT2D eigenvalue weighted by atomic mass is 9.67. The van der Waals surface area contributed by atoms with Crippen LogP contribution in [0.4, 0.5) is 4.79 Å². The van der Waals surface area contributed by atoms with Crippen LogP contribution in [0.25, 0.3) is 0 Å².